The maximum absolute atomic E-state index is 12.6. The first-order valence-corrected chi connectivity index (χ1v) is 9.85. The third-order valence-corrected chi connectivity index (χ3v) is 5.81. The molecule has 1 atom stereocenters. The van der Waals surface area contributed by atoms with Gasteiger partial charge in [0.25, 0.3) is 0 Å². The Hall–Kier alpha value is -1.53. The fraction of sp³-hybridized carbons (Fsp3) is 0.737. The van der Waals surface area contributed by atoms with Crippen LogP contribution >= 0.6 is 0 Å². The molecule has 25 heavy (non-hydrogen) atoms. The Balaban J connectivity index is 1.30. The molecule has 2 aliphatic heterocycles. The lowest BCUT2D eigenvalue weighted by atomic mass is 10.1. The van der Waals surface area contributed by atoms with Crippen molar-refractivity contribution in [2.45, 2.75) is 44.2 Å². The molecule has 4 rings (SSSR count). The Morgan fingerprint density at radius 3 is 2.52 bits per heavy atom. The summed E-state index contributed by atoms with van der Waals surface area (Å²) in [5.74, 6) is 0.959. The molecule has 138 valence electrons. The van der Waals surface area contributed by atoms with E-state index in [1.54, 1.807) is 6.26 Å². The predicted molar refractivity (Wildman–Crippen MR) is 96.4 cm³/mol. The van der Waals surface area contributed by atoms with E-state index >= 15 is 0 Å². The normalized spacial score (nSPS) is 24.2. The number of carbonyl (C=O) groups is 1. The van der Waals surface area contributed by atoms with Crippen LogP contribution in [0.15, 0.2) is 22.8 Å². The largest absolute Gasteiger partial charge is 0.468 e. The molecule has 3 aliphatic rings. The number of rotatable bonds is 5. The zero-order chi connectivity index (χ0) is 17.1. The summed E-state index contributed by atoms with van der Waals surface area (Å²) in [6.07, 6.45) is 8.17. The van der Waals surface area contributed by atoms with Crippen molar-refractivity contribution in [2.75, 3.05) is 45.8 Å². The molecular weight excluding hydrogens is 316 g/mol. The summed E-state index contributed by atoms with van der Waals surface area (Å²) >= 11 is 0. The van der Waals surface area contributed by atoms with Gasteiger partial charge in [0.1, 0.15) is 5.76 Å². The van der Waals surface area contributed by atoms with Gasteiger partial charge in [-0.05, 0) is 50.9 Å². The molecule has 1 saturated carbocycles. The first kappa shape index (κ1) is 16.9. The van der Waals surface area contributed by atoms with E-state index in [4.69, 9.17) is 4.42 Å². The Morgan fingerprint density at radius 1 is 1.12 bits per heavy atom. The third-order valence-electron chi connectivity index (χ3n) is 5.81. The minimum Gasteiger partial charge on any atom is -0.468 e. The van der Waals surface area contributed by atoms with E-state index in [9.17, 15) is 4.79 Å². The molecule has 0 radical (unpaired) electrons. The minimum absolute atomic E-state index is 0.0732. The van der Waals surface area contributed by atoms with Gasteiger partial charge in [0.15, 0.2) is 0 Å². The van der Waals surface area contributed by atoms with Crippen molar-refractivity contribution in [2.24, 2.45) is 0 Å². The average Bonchev–Trinajstić information content (AvgIpc) is 3.38. The van der Waals surface area contributed by atoms with Crippen LogP contribution in [0.25, 0.3) is 0 Å². The number of furan rings is 1. The van der Waals surface area contributed by atoms with E-state index in [2.05, 4.69) is 15.1 Å². The molecular formula is C19H30N4O2. The summed E-state index contributed by atoms with van der Waals surface area (Å²) in [5, 5.41) is 3.16. The highest BCUT2D eigenvalue weighted by Gasteiger charge is 2.32. The van der Waals surface area contributed by atoms with E-state index in [0.717, 1.165) is 51.1 Å². The first-order chi connectivity index (χ1) is 12.3. The second-order valence-corrected chi connectivity index (χ2v) is 7.57. The van der Waals surface area contributed by atoms with Gasteiger partial charge in [0.2, 0.25) is 0 Å². The zero-order valence-electron chi connectivity index (χ0n) is 15.0. The second kappa shape index (κ2) is 7.79. The summed E-state index contributed by atoms with van der Waals surface area (Å²) in [4.78, 5) is 19.5. The zero-order valence-corrected chi connectivity index (χ0v) is 15.0. The van der Waals surface area contributed by atoms with E-state index in [-0.39, 0.29) is 12.1 Å². The molecule has 0 aromatic carbocycles. The molecule has 1 aromatic heterocycles. The van der Waals surface area contributed by atoms with Crippen molar-refractivity contribution in [1.29, 1.82) is 0 Å². The Morgan fingerprint density at radius 2 is 1.88 bits per heavy atom. The number of carbonyl (C=O) groups excluding carboxylic acids is 1. The maximum Gasteiger partial charge on any atom is 0.317 e. The monoisotopic (exact) mass is 346 g/mol. The topological polar surface area (TPSA) is 52.0 Å². The Bertz CT molecular complexity index is 544. The SMILES string of the molecule is O=C(NC[C@@H](c1ccco1)N1CCCCC1)N1CCN(C2CC2)CC1. The lowest BCUT2D eigenvalue weighted by molar-refractivity contribution is 0.123. The second-order valence-electron chi connectivity index (χ2n) is 7.57. The lowest BCUT2D eigenvalue weighted by Crippen LogP contribution is -2.53. The smallest absolute Gasteiger partial charge is 0.317 e. The van der Waals surface area contributed by atoms with Gasteiger partial charge in [-0.15, -0.1) is 0 Å². The van der Waals surface area contributed by atoms with Crippen molar-refractivity contribution in [3.63, 3.8) is 0 Å². The third kappa shape index (κ3) is 4.18. The van der Waals surface area contributed by atoms with E-state index in [1.165, 1.54) is 32.1 Å². The Kier molecular flexibility index (Phi) is 5.27. The van der Waals surface area contributed by atoms with Crippen LogP contribution in [0.5, 0.6) is 0 Å². The molecule has 6 nitrogen and oxygen atoms in total. The van der Waals surface area contributed by atoms with E-state index in [1.807, 2.05) is 17.0 Å². The summed E-state index contributed by atoms with van der Waals surface area (Å²) < 4.78 is 5.66. The fourth-order valence-corrected chi connectivity index (χ4v) is 4.15. The van der Waals surface area contributed by atoms with Crippen LogP contribution in [0.2, 0.25) is 0 Å². The number of urea groups is 1. The molecule has 2 amide bonds. The standard InChI is InChI=1S/C19H30N4O2/c24-19(23-12-10-21(11-13-23)16-6-7-16)20-15-17(18-5-4-14-25-18)22-8-2-1-3-9-22/h4-5,14,16-17H,1-3,6-13,15H2,(H,20,24)/t17-/m0/s1. The number of piperazine rings is 1. The van der Waals surface area contributed by atoms with Crippen LogP contribution in [0.4, 0.5) is 4.79 Å². The lowest BCUT2D eigenvalue weighted by Gasteiger charge is -2.36. The number of likely N-dealkylation sites (tertiary alicyclic amines) is 1. The fourth-order valence-electron chi connectivity index (χ4n) is 4.15. The molecule has 1 aliphatic carbocycles. The maximum atomic E-state index is 12.6. The van der Waals surface area contributed by atoms with Crippen LogP contribution in [0.1, 0.15) is 43.9 Å². The van der Waals surface area contributed by atoms with Crippen molar-refractivity contribution in [3.05, 3.63) is 24.2 Å². The van der Waals surface area contributed by atoms with Crippen LogP contribution < -0.4 is 5.32 Å². The molecule has 3 heterocycles. The first-order valence-electron chi connectivity index (χ1n) is 9.85. The predicted octanol–water partition coefficient (Wildman–Crippen LogP) is 2.30. The number of hydrogen-bond acceptors (Lipinski definition) is 4. The molecule has 0 unspecified atom stereocenters. The van der Waals surface area contributed by atoms with Gasteiger partial charge >= 0.3 is 6.03 Å². The summed E-state index contributed by atoms with van der Waals surface area (Å²) in [6, 6.07) is 4.98. The molecule has 6 heteroatoms. The van der Waals surface area contributed by atoms with E-state index in [0.29, 0.717) is 6.54 Å². The highest BCUT2D eigenvalue weighted by Crippen LogP contribution is 2.27. The summed E-state index contributed by atoms with van der Waals surface area (Å²) in [6.45, 7) is 6.52. The number of nitrogens with one attached hydrogen (secondary N) is 1. The number of amides is 2. The van der Waals surface area contributed by atoms with Crippen LogP contribution in [0.3, 0.4) is 0 Å². The molecule has 3 fully saturated rings. The summed E-state index contributed by atoms with van der Waals surface area (Å²) in [5.41, 5.74) is 0. The van der Waals surface area contributed by atoms with Gasteiger partial charge in [0.05, 0.1) is 12.3 Å². The number of hydrogen-bond donors (Lipinski definition) is 1. The van der Waals surface area contributed by atoms with E-state index < -0.39 is 0 Å². The number of nitrogens with zero attached hydrogens (tertiary/aromatic N) is 3. The van der Waals surface area contributed by atoms with Crippen molar-refractivity contribution >= 4 is 6.03 Å². The van der Waals surface area contributed by atoms with Crippen LogP contribution in [-0.2, 0) is 0 Å². The van der Waals surface area contributed by atoms with Crippen molar-refractivity contribution in [3.8, 4) is 0 Å². The van der Waals surface area contributed by atoms with Gasteiger partial charge in [-0.25, -0.2) is 4.79 Å². The van der Waals surface area contributed by atoms with Gasteiger partial charge in [0, 0.05) is 38.8 Å². The van der Waals surface area contributed by atoms with Crippen molar-refractivity contribution in [1.82, 2.24) is 20.0 Å². The molecule has 1 aromatic rings. The van der Waals surface area contributed by atoms with Gasteiger partial charge < -0.3 is 14.6 Å². The molecule has 2 saturated heterocycles. The van der Waals surface area contributed by atoms with Crippen LogP contribution in [-0.4, -0.2) is 72.6 Å². The van der Waals surface area contributed by atoms with Crippen LogP contribution in [0, 0.1) is 0 Å². The molecule has 1 N–H and O–H groups in total. The van der Waals surface area contributed by atoms with Gasteiger partial charge in [-0.1, -0.05) is 6.42 Å². The van der Waals surface area contributed by atoms with Gasteiger partial charge in [-0.2, -0.15) is 0 Å². The highest BCUT2D eigenvalue weighted by molar-refractivity contribution is 5.74. The average molecular weight is 346 g/mol. The Labute approximate surface area is 150 Å². The summed E-state index contributed by atoms with van der Waals surface area (Å²) in [7, 11) is 0. The molecule has 0 spiro atoms. The van der Waals surface area contributed by atoms with Gasteiger partial charge in [-0.3, -0.25) is 9.80 Å². The molecule has 0 bridgehead atoms. The highest BCUT2D eigenvalue weighted by atomic mass is 16.3. The minimum atomic E-state index is 0.0732. The quantitative estimate of drug-likeness (QED) is 0.889. The van der Waals surface area contributed by atoms with Crippen molar-refractivity contribution < 1.29 is 9.21 Å². The number of piperidine rings is 1.